The van der Waals surface area contributed by atoms with Gasteiger partial charge in [0.1, 0.15) is 0 Å². The van der Waals surface area contributed by atoms with Crippen molar-refractivity contribution in [3.8, 4) is 11.5 Å². The van der Waals surface area contributed by atoms with Gasteiger partial charge in [0.25, 0.3) is 10.0 Å². The van der Waals surface area contributed by atoms with Crippen molar-refractivity contribution in [2.75, 3.05) is 11.5 Å². The summed E-state index contributed by atoms with van der Waals surface area (Å²) in [4.78, 5) is 11.3. The molecule has 0 saturated heterocycles. The van der Waals surface area contributed by atoms with E-state index in [0.717, 1.165) is 0 Å². The molecule has 21 heavy (non-hydrogen) atoms. The predicted octanol–water partition coefficient (Wildman–Crippen LogP) is 0.915. The van der Waals surface area contributed by atoms with Crippen molar-refractivity contribution in [1.29, 1.82) is 0 Å². The van der Waals surface area contributed by atoms with Crippen LogP contribution in [0.4, 0.5) is 5.69 Å². The average Bonchev–Trinajstić information content (AvgIpc) is 2.90. The van der Waals surface area contributed by atoms with Crippen LogP contribution in [0.25, 0.3) is 0 Å². The number of rotatable bonds is 3. The Labute approximate surface area is 120 Å². The SMILES string of the molecule is Cn1cc(NS(=O)(=O)c2ccc3c(c2)OCO3)ccc1=O. The van der Waals surface area contributed by atoms with E-state index in [2.05, 4.69) is 4.72 Å². The number of nitrogens with one attached hydrogen (secondary N) is 1. The molecule has 3 rings (SSSR count). The number of sulfonamides is 1. The molecule has 0 amide bonds. The number of fused-ring (bicyclic) bond motifs is 1. The lowest BCUT2D eigenvalue weighted by molar-refractivity contribution is 0.174. The van der Waals surface area contributed by atoms with Gasteiger partial charge >= 0.3 is 0 Å². The topological polar surface area (TPSA) is 86.6 Å². The lowest BCUT2D eigenvalue weighted by Crippen LogP contribution is -2.18. The monoisotopic (exact) mass is 308 g/mol. The number of aryl methyl sites for hydroxylation is 1. The van der Waals surface area contributed by atoms with Gasteiger partial charge in [0.2, 0.25) is 12.4 Å². The van der Waals surface area contributed by atoms with Gasteiger partial charge in [0, 0.05) is 25.4 Å². The minimum atomic E-state index is -3.77. The van der Waals surface area contributed by atoms with E-state index in [1.165, 1.54) is 41.1 Å². The molecule has 0 atom stereocenters. The van der Waals surface area contributed by atoms with Gasteiger partial charge in [-0.15, -0.1) is 0 Å². The molecule has 1 aliphatic rings. The minimum absolute atomic E-state index is 0.0561. The van der Waals surface area contributed by atoms with Crippen LogP contribution in [0.15, 0.2) is 46.2 Å². The van der Waals surface area contributed by atoms with Crippen molar-refractivity contribution < 1.29 is 17.9 Å². The molecule has 110 valence electrons. The maximum absolute atomic E-state index is 12.3. The first-order valence-corrected chi connectivity index (χ1v) is 7.53. The van der Waals surface area contributed by atoms with E-state index in [1.807, 2.05) is 0 Å². The highest BCUT2D eigenvalue weighted by Gasteiger charge is 2.20. The van der Waals surface area contributed by atoms with Gasteiger partial charge in [-0.25, -0.2) is 8.42 Å². The number of hydrogen-bond acceptors (Lipinski definition) is 5. The number of pyridine rings is 1. The zero-order valence-corrected chi connectivity index (χ0v) is 11.9. The van der Waals surface area contributed by atoms with Crippen molar-refractivity contribution in [2.45, 2.75) is 4.90 Å². The molecule has 0 unspecified atom stereocenters. The summed E-state index contributed by atoms with van der Waals surface area (Å²) in [5, 5.41) is 0. The Morgan fingerprint density at radius 2 is 1.90 bits per heavy atom. The van der Waals surface area contributed by atoms with Crippen LogP contribution in [-0.2, 0) is 17.1 Å². The van der Waals surface area contributed by atoms with E-state index in [1.54, 1.807) is 7.05 Å². The Morgan fingerprint density at radius 1 is 1.14 bits per heavy atom. The van der Waals surface area contributed by atoms with Gasteiger partial charge in [-0.1, -0.05) is 0 Å². The van der Waals surface area contributed by atoms with Gasteiger partial charge in [0.05, 0.1) is 10.6 Å². The largest absolute Gasteiger partial charge is 0.454 e. The summed E-state index contributed by atoms with van der Waals surface area (Å²) in [5.74, 6) is 0.898. The van der Waals surface area contributed by atoms with Crippen LogP contribution in [0.5, 0.6) is 11.5 Å². The van der Waals surface area contributed by atoms with Gasteiger partial charge in [0.15, 0.2) is 11.5 Å². The second kappa shape index (κ2) is 4.81. The van der Waals surface area contributed by atoms with Crippen LogP contribution in [-0.4, -0.2) is 19.8 Å². The van der Waals surface area contributed by atoms with Crippen molar-refractivity contribution in [1.82, 2.24) is 4.57 Å². The van der Waals surface area contributed by atoms with Crippen molar-refractivity contribution in [3.63, 3.8) is 0 Å². The Bertz CT molecular complexity index is 857. The highest BCUT2D eigenvalue weighted by molar-refractivity contribution is 7.92. The quantitative estimate of drug-likeness (QED) is 0.911. The number of nitrogens with zero attached hydrogens (tertiary/aromatic N) is 1. The van der Waals surface area contributed by atoms with Crippen LogP contribution >= 0.6 is 0 Å². The van der Waals surface area contributed by atoms with Crippen molar-refractivity contribution in [3.05, 3.63) is 46.9 Å². The van der Waals surface area contributed by atoms with Crippen LogP contribution in [0.3, 0.4) is 0 Å². The van der Waals surface area contributed by atoms with Crippen LogP contribution in [0.2, 0.25) is 0 Å². The third kappa shape index (κ3) is 2.57. The minimum Gasteiger partial charge on any atom is -0.454 e. The molecule has 7 nitrogen and oxygen atoms in total. The van der Waals surface area contributed by atoms with E-state index in [9.17, 15) is 13.2 Å². The normalized spacial score (nSPS) is 13.2. The first-order chi connectivity index (χ1) is 9.95. The molecule has 0 radical (unpaired) electrons. The van der Waals surface area contributed by atoms with E-state index in [4.69, 9.17) is 9.47 Å². The summed E-state index contributed by atoms with van der Waals surface area (Å²) in [7, 11) is -2.22. The highest BCUT2D eigenvalue weighted by atomic mass is 32.2. The van der Waals surface area contributed by atoms with Crippen molar-refractivity contribution >= 4 is 15.7 Å². The number of anilines is 1. The summed E-state index contributed by atoms with van der Waals surface area (Å²) in [6, 6.07) is 7.06. The molecule has 2 aromatic rings. The summed E-state index contributed by atoms with van der Waals surface area (Å²) in [5.41, 5.74) is 0.0794. The van der Waals surface area contributed by atoms with E-state index in [0.29, 0.717) is 17.2 Å². The molecule has 8 heteroatoms. The van der Waals surface area contributed by atoms with Gasteiger partial charge in [-0.05, 0) is 18.2 Å². The predicted molar refractivity (Wildman–Crippen MR) is 75.1 cm³/mol. The molecule has 1 aliphatic heterocycles. The first kappa shape index (κ1) is 13.5. The second-order valence-electron chi connectivity index (χ2n) is 4.49. The number of aromatic nitrogens is 1. The van der Waals surface area contributed by atoms with Crippen LogP contribution < -0.4 is 19.8 Å². The van der Waals surface area contributed by atoms with Crippen LogP contribution in [0, 0.1) is 0 Å². The molecule has 0 bridgehead atoms. The molecular weight excluding hydrogens is 296 g/mol. The van der Waals surface area contributed by atoms with Gasteiger partial charge in [-0.3, -0.25) is 9.52 Å². The second-order valence-corrected chi connectivity index (χ2v) is 6.17. The summed E-state index contributed by atoms with van der Waals surface area (Å²) >= 11 is 0. The molecule has 0 spiro atoms. The van der Waals surface area contributed by atoms with Crippen LogP contribution in [0.1, 0.15) is 0 Å². The Balaban J connectivity index is 1.93. The number of benzene rings is 1. The molecule has 1 N–H and O–H groups in total. The summed E-state index contributed by atoms with van der Waals surface area (Å²) < 4.78 is 38.6. The molecule has 0 aliphatic carbocycles. The molecule has 2 heterocycles. The lowest BCUT2D eigenvalue weighted by atomic mass is 10.3. The maximum Gasteiger partial charge on any atom is 0.262 e. The molecule has 0 fully saturated rings. The maximum atomic E-state index is 12.3. The zero-order valence-electron chi connectivity index (χ0n) is 11.1. The van der Waals surface area contributed by atoms with Gasteiger partial charge < -0.3 is 14.0 Å². The molecule has 1 aromatic heterocycles. The standard InChI is InChI=1S/C13H12N2O5S/c1-15-7-9(2-5-13(15)16)14-21(17,18)10-3-4-11-12(6-10)20-8-19-11/h2-7,14H,8H2,1H3. The summed E-state index contributed by atoms with van der Waals surface area (Å²) in [6.45, 7) is 0.0764. The summed E-state index contributed by atoms with van der Waals surface area (Å²) in [6.07, 6.45) is 1.41. The first-order valence-electron chi connectivity index (χ1n) is 6.05. The lowest BCUT2D eigenvalue weighted by Gasteiger charge is -2.09. The molecule has 1 aromatic carbocycles. The van der Waals surface area contributed by atoms with Crippen molar-refractivity contribution in [2.24, 2.45) is 7.05 Å². The van der Waals surface area contributed by atoms with Gasteiger partial charge in [-0.2, -0.15) is 0 Å². The fraction of sp³-hybridized carbons (Fsp3) is 0.154. The molecular formula is C13H12N2O5S. The fourth-order valence-electron chi connectivity index (χ4n) is 1.91. The van der Waals surface area contributed by atoms with E-state index < -0.39 is 10.0 Å². The third-order valence-electron chi connectivity index (χ3n) is 2.99. The highest BCUT2D eigenvalue weighted by Crippen LogP contribution is 2.34. The van der Waals surface area contributed by atoms with E-state index in [-0.39, 0.29) is 17.2 Å². The zero-order chi connectivity index (χ0) is 15.0. The average molecular weight is 308 g/mol. The molecule has 0 saturated carbocycles. The van der Waals surface area contributed by atoms with E-state index >= 15 is 0 Å². The Kier molecular flexibility index (Phi) is 3.09. The number of ether oxygens (including phenoxy) is 2. The fourth-order valence-corrected chi connectivity index (χ4v) is 2.97. The Morgan fingerprint density at radius 3 is 2.67 bits per heavy atom. The number of hydrogen-bond donors (Lipinski definition) is 1. The third-order valence-corrected chi connectivity index (χ3v) is 4.37. The smallest absolute Gasteiger partial charge is 0.262 e. The Hall–Kier alpha value is -2.48.